The molecule has 1 aliphatic carbocycles. The highest BCUT2D eigenvalue weighted by Crippen LogP contribution is 2.39. The van der Waals surface area contributed by atoms with E-state index in [1.807, 2.05) is 29.7 Å². The molecule has 0 radical (unpaired) electrons. The van der Waals surface area contributed by atoms with Gasteiger partial charge in [-0.3, -0.25) is 9.48 Å². The summed E-state index contributed by atoms with van der Waals surface area (Å²) in [5.74, 6) is 0.930. The number of carbonyl (C=O) groups is 1. The first-order valence-corrected chi connectivity index (χ1v) is 9.33. The Morgan fingerprint density at radius 1 is 1.32 bits per heavy atom. The zero-order valence-corrected chi connectivity index (χ0v) is 15.1. The molecule has 1 saturated carbocycles. The highest BCUT2D eigenvalue weighted by Gasteiger charge is 2.44. The zero-order chi connectivity index (χ0) is 17.6. The van der Waals surface area contributed by atoms with Crippen molar-refractivity contribution in [2.75, 3.05) is 13.1 Å². The summed E-state index contributed by atoms with van der Waals surface area (Å²) in [5.41, 5.74) is 1.92. The molecular weight excluding hydrogens is 314 g/mol. The number of rotatable bonds is 3. The van der Waals surface area contributed by atoms with Crippen LogP contribution in [0, 0.1) is 11.8 Å². The molecule has 1 saturated heterocycles. The van der Waals surface area contributed by atoms with Crippen LogP contribution in [0.2, 0.25) is 0 Å². The molecule has 2 fully saturated rings. The molecule has 2 heterocycles. The van der Waals surface area contributed by atoms with Gasteiger partial charge in [0.2, 0.25) is 5.91 Å². The van der Waals surface area contributed by atoms with E-state index in [0.717, 1.165) is 32.4 Å². The van der Waals surface area contributed by atoms with Gasteiger partial charge in [0.15, 0.2) is 0 Å². The van der Waals surface area contributed by atoms with E-state index in [4.69, 9.17) is 0 Å². The van der Waals surface area contributed by atoms with E-state index in [-0.39, 0.29) is 11.8 Å². The Morgan fingerprint density at radius 3 is 2.72 bits per heavy atom. The fraction of sp³-hybridized carbons (Fsp3) is 0.600. The van der Waals surface area contributed by atoms with Crippen molar-refractivity contribution in [3.63, 3.8) is 0 Å². The van der Waals surface area contributed by atoms with Crippen molar-refractivity contribution in [2.45, 2.75) is 44.6 Å². The van der Waals surface area contributed by atoms with Crippen molar-refractivity contribution in [2.24, 2.45) is 18.9 Å². The summed E-state index contributed by atoms with van der Waals surface area (Å²) >= 11 is 0. The largest absolute Gasteiger partial charge is 0.390 e. The lowest BCUT2D eigenvalue weighted by Crippen LogP contribution is -2.51. The highest BCUT2D eigenvalue weighted by atomic mass is 16.3. The van der Waals surface area contributed by atoms with E-state index in [2.05, 4.69) is 23.3 Å². The Bertz CT molecular complexity index is 779. The number of hydrogen-bond donors (Lipinski definition) is 1. The van der Waals surface area contributed by atoms with Crippen LogP contribution in [0.1, 0.15) is 38.2 Å². The van der Waals surface area contributed by atoms with Gasteiger partial charge in [0.25, 0.3) is 0 Å². The summed E-state index contributed by atoms with van der Waals surface area (Å²) in [4.78, 5) is 14.5. The van der Waals surface area contributed by atoms with Crippen molar-refractivity contribution in [1.29, 1.82) is 0 Å². The Labute approximate surface area is 148 Å². The second-order valence-electron chi connectivity index (χ2n) is 8.24. The van der Waals surface area contributed by atoms with Crippen LogP contribution in [0.15, 0.2) is 24.4 Å². The van der Waals surface area contributed by atoms with Gasteiger partial charge in [-0.2, -0.15) is 5.10 Å². The number of benzene rings is 1. The van der Waals surface area contributed by atoms with Crippen LogP contribution >= 0.6 is 0 Å². The van der Waals surface area contributed by atoms with Crippen LogP contribution < -0.4 is 0 Å². The molecule has 1 N–H and O–H groups in total. The van der Waals surface area contributed by atoms with E-state index in [1.165, 1.54) is 16.5 Å². The van der Waals surface area contributed by atoms with E-state index in [1.54, 1.807) is 0 Å². The molecule has 5 heteroatoms. The summed E-state index contributed by atoms with van der Waals surface area (Å²) < 4.78 is 1.92. The van der Waals surface area contributed by atoms with Crippen LogP contribution in [0.5, 0.6) is 0 Å². The average Bonchev–Trinajstić information content (AvgIpc) is 2.93. The van der Waals surface area contributed by atoms with Crippen LogP contribution in [-0.4, -0.2) is 44.4 Å². The second-order valence-corrected chi connectivity index (χ2v) is 8.24. The van der Waals surface area contributed by atoms with Gasteiger partial charge < -0.3 is 10.0 Å². The van der Waals surface area contributed by atoms with Gasteiger partial charge in [-0.1, -0.05) is 12.1 Å². The van der Waals surface area contributed by atoms with Gasteiger partial charge in [0.1, 0.15) is 0 Å². The van der Waals surface area contributed by atoms with Crippen molar-refractivity contribution in [3.05, 3.63) is 30.0 Å². The number of likely N-dealkylation sites (tertiary alicyclic amines) is 1. The van der Waals surface area contributed by atoms with Crippen molar-refractivity contribution in [3.8, 4) is 0 Å². The molecule has 1 aromatic carbocycles. The molecule has 1 aliphatic heterocycles. The summed E-state index contributed by atoms with van der Waals surface area (Å²) in [5, 5.41) is 15.3. The second kappa shape index (κ2) is 6.13. The minimum atomic E-state index is -0.622. The van der Waals surface area contributed by atoms with Crippen molar-refractivity contribution >= 4 is 16.8 Å². The maximum absolute atomic E-state index is 12.5. The molecule has 2 aromatic rings. The van der Waals surface area contributed by atoms with Gasteiger partial charge in [-0.05, 0) is 56.6 Å². The molecule has 1 aromatic heterocycles. The molecular formula is C20H27N3O2. The van der Waals surface area contributed by atoms with Crippen LogP contribution in [0.4, 0.5) is 0 Å². The summed E-state index contributed by atoms with van der Waals surface area (Å²) in [6, 6.07) is 6.60. The zero-order valence-electron chi connectivity index (χ0n) is 15.1. The summed E-state index contributed by atoms with van der Waals surface area (Å²) in [7, 11) is 1.98. The Hall–Kier alpha value is -1.88. The first-order chi connectivity index (χ1) is 11.9. The molecule has 25 heavy (non-hydrogen) atoms. The molecule has 1 amide bonds. The Kier molecular flexibility index (Phi) is 4.07. The number of carbonyl (C=O) groups excluding carboxylic acids is 1. The van der Waals surface area contributed by atoms with Crippen LogP contribution in [0.3, 0.4) is 0 Å². The number of aryl methyl sites for hydroxylation is 1. The molecule has 4 rings (SSSR count). The molecule has 0 unspecified atom stereocenters. The Balaban J connectivity index is 1.32. The lowest BCUT2D eigenvalue weighted by molar-refractivity contribution is -0.151. The highest BCUT2D eigenvalue weighted by molar-refractivity contribution is 5.80. The van der Waals surface area contributed by atoms with Gasteiger partial charge in [0, 0.05) is 31.4 Å². The number of hydrogen-bond acceptors (Lipinski definition) is 3. The first kappa shape index (κ1) is 16.6. The molecule has 0 spiro atoms. The normalized spacial score (nSPS) is 27.5. The maximum atomic E-state index is 12.5. The fourth-order valence-corrected chi connectivity index (χ4v) is 4.44. The monoisotopic (exact) mass is 341 g/mol. The predicted molar refractivity (Wildman–Crippen MR) is 97.1 cm³/mol. The minimum Gasteiger partial charge on any atom is -0.390 e. The lowest BCUT2D eigenvalue weighted by atomic mass is 9.71. The predicted octanol–water partition coefficient (Wildman–Crippen LogP) is 2.52. The van der Waals surface area contributed by atoms with Gasteiger partial charge in [0.05, 0.1) is 17.3 Å². The van der Waals surface area contributed by atoms with E-state index in [0.29, 0.717) is 18.8 Å². The number of fused-ring (bicyclic) bond motifs is 1. The number of piperidine rings is 1. The maximum Gasteiger partial charge on any atom is 0.225 e. The van der Waals surface area contributed by atoms with Gasteiger partial charge in [-0.15, -0.1) is 0 Å². The van der Waals surface area contributed by atoms with Crippen LogP contribution in [-0.2, 0) is 18.3 Å². The SMILES string of the molecule is Cn1ncc2ccc(CC3CCN(C(=O)[C@H]4C[C@@](C)(O)C4)CC3)cc21. The smallest absolute Gasteiger partial charge is 0.225 e. The quantitative estimate of drug-likeness (QED) is 0.933. The third-order valence-corrected chi connectivity index (χ3v) is 5.99. The third-order valence-electron chi connectivity index (χ3n) is 5.99. The summed E-state index contributed by atoms with van der Waals surface area (Å²) in [6.07, 6.45) is 6.35. The van der Waals surface area contributed by atoms with Crippen molar-refractivity contribution < 1.29 is 9.90 Å². The third kappa shape index (κ3) is 3.30. The number of aliphatic hydroxyl groups is 1. The average molecular weight is 341 g/mol. The van der Waals surface area contributed by atoms with Gasteiger partial charge in [-0.25, -0.2) is 0 Å². The topological polar surface area (TPSA) is 58.4 Å². The first-order valence-electron chi connectivity index (χ1n) is 9.33. The summed E-state index contributed by atoms with van der Waals surface area (Å²) in [6.45, 7) is 3.54. The molecule has 134 valence electrons. The standard InChI is InChI=1S/C20H27N3O2/c1-20(25)11-17(12-20)19(24)23-7-5-14(6-8-23)9-15-3-4-16-13-21-22(2)18(16)10-15/h3-4,10,13-14,17,25H,5-9,11-12H2,1-2H3/t17-,20+. The fourth-order valence-electron chi connectivity index (χ4n) is 4.44. The lowest BCUT2D eigenvalue weighted by Gasteiger charge is -2.43. The molecule has 0 atom stereocenters. The van der Waals surface area contributed by atoms with E-state index >= 15 is 0 Å². The van der Waals surface area contributed by atoms with E-state index in [9.17, 15) is 9.90 Å². The minimum absolute atomic E-state index is 0.0406. The molecule has 5 nitrogen and oxygen atoms in total. The molecule has 0 bridgehead atoms. The number of amides is 1. The molecule has 2 aliphatic rings. The van der Waals surface area contributed by atoms with Crippen LogP contribution in [0.25, 0.3) is 10.9 Å². The van der Waals surface area contributed by atoms with Gasteiger partial charge >= 0.3 is 0 Å². The van der Waals surface area contributed by atoms with Crippen molar-refractivity contribution in [1.82, 2.24) is 14.7 Å². The Morgan fingerprint density at radius 2 is 2.04 bits per heavy atom. The number of aromatic nitrogens is 2. The number of nitrogens with zero attached hydrogens (tertiary/aromatic N) is 3. The van der Waals surface area contributed by atoms with E-state index < -0.39 is 5.60 Å².